The van der Waals surface area contributed by atoms with Crippen molar-refractivity contribution in [1.29, 1.82) is 0 Å². The third-order valence-corrected chi connectivity index (χ3v) is 6.97. The summed E-state index contributed by atoms with van der Waals surface area (Å²) in [4.78, 5) is 0. The van der Waals surface area contributed by atoms with Gasteiger partial charge in [-0.3, -0.25) is 0 Å². The molecule has 0 saturated carbocycles. The second-order valence-corrected chi connectivity index (χ2v) is 9.34. The maximum Gasteiger partial charge on any atom is 0.444 e. The van der Waals surface area contributed by atoms with Gasteiger partial charge in [0.2, 0.25) is 0 Å². The van der Waals surface area contributed by atoms with E-state index in [0.29, 0.717) is 0 Å². The lowest BCUT2D eigenvalue weighted by Gasteiger charge is -2.19. The molecule has 2 nitrogen and oxygen atoms in total. The number of hydrogen-bond acceptors (Lipinski definition) is 2. The zero-order valence-corrected chi connectivity index (χ0v) is 18.4. The van der Waals surface area contributed by atoms with Gasteiger partial charge in [0, 0.05) is 6.04 Å². The van der Waals surface area contributed by atoms with Crippen LogP contribution >= 0.6 is 0 Å². The van der Waals surface area contributed by atoms with Crippen LogP contribution in [-0.4, -0.2) is 9.28 Å². The molecule has 0 heterocycles. The van der Waals surface area contributed by atoms with Crippen LogP contribution in [0.25, 0.3) is 0 Å². The molecule has 0 saturated heterocycles. The Kier molecular flexibility index (Phi) is 9.38. The number of benzene rings is 3. The largest absolute Gasteiger partial charge is 0.514 e. The number of hydrogen-bond donors (Lipinski definition) is 0. The van der Waals surface area contributed by atoms with E-state index in [9.17, 15) is 0 Å². The third kappa shape index (κ3) is 8.57. The number of rotatable bonds is 13. The molecule has 0 atom stereocenters. The van der Waals surface area contributed by atoms with Gasteiger partial charge < -0.3 is 8.85 Å². The zero-order valence-electron chi connectivity index (χ0n) is 17.2. The fourth-order valence-electron chi connectivity index (χ4n) is 3.44. The predicted molar refractivity (Wildman–Crippen MR) is 124 cm³/mol. The molecule has 0 aliphatic heterocycles. The fraction of sp³-hybridized carbons (Fsp3) is 0.308. The summed E-state index contributed by atoms with van der Waals surface area (Å²) in [5, 5.41) is 0. The minimum absolute atomic E-state index is 0.918. The Hall–Kier alpha value is -2.52. The van der Waals surface area contributed by atoms with Gasteiger partial charge in [-0.25, -0.2) is 0 Å². The van der Waals surface area contributed by atoms with Gasteiger partial charge in [-0.15, -0.1) is 0 Å². The van der Waals surface area contributed by atoms with Crippen LogP contribution in [0.4, 0.5) is 0 Å². The number of unbranched alkanes of at least 4 members (excludes halogenated alkanes) is 5. The molecule has 0 spiro atoms. The minimum Gasteiger partial charge on any atom is -0.514 e. The number of aryl methyl sites for hydroxylation is 1. The molecular formula is C26H32O2Si. The Balaban J connectivity index is 1.34. The van der Waals surface area contributed by atoms with E-state index in [1.54, 1.807) is 0 Å². The summed E-state index contributed by atoms with van der Waals surface area (Å²) in [6.07, 6.45) is 8.85. The van der Waals surface area contributed by atoms with Crippen molar-refractivity contribution in [2.75, 3.05) is 0 Å². The smallest absolute Gasteiger partial charge is 0.444 e. The molecule has 0 aliphatic rings. The molecule has 152 valence electrons. The Morgan fingerprint density at radius 3 is 1.48 bits per heavy atom. The lowest BCUT2D eigenvalue weighted by molar-refractivity contribution is 0.416. The highest BCUT2D eigenvalue weighted by Gasteiger charge is 2.17. The van der Waals surface area contributed by atoms with E-state index in [4.69, 9.17) is 8.85 Å². The van der Waals surface area contributed by atoms with Crippen LogP contribution in [-0.2, 0) is 6.42 Å². The number of para-hydroxylation sites is 2. The van der Waals surface area contributed by atoms with Crippen LogP contribution in [0.15, 0.2) is 91.0 Å². The molecule has 0 unspecified atom stereocenters. The van der Waals surface area contributed by atoms with E-state index in [1.165, 1.54) is 50.5 Å². The van der Waals surface area contributed by atoms with Crippen LogP contribution in [0.3, 0.4) is 0 Å². The fourth-order valence-corrected chi connectivity index (χ4v) is 5.26. The first kappa shape index (κ1) is 21.2. The van der Waals surface area contributed by atoms with Gasteiger partial charge in [0.1, 0.15) is 11.5 Å². The maximum absolute atomic E-state index is 6.23. The van der Waals surface area contributed by atoms with E-state index in [2.05, 4.69) is 30.3 Å². The van der Waals surface area contributed by atoms with Crippen LogP contribution in [0.1, 0.15) is 44.1 Å². The third-order valence-electron chi connectivity index (χ3n) is 5.02. The first-order chi connectivity index (χ1) is 14.4. The highest BCUT2D eigenvalue weighted by atomic mass is 28.3. The molecule has 3 rings (SSSR count). The van der Waals surface area contributed by atoms with E-state index in [0.717, 1.165) is 17.5 Å². The van der Waals surface area contributed by atoms with E-state index in [1.807, 2.05) is 60.7 Å². The molecule has 0 amide bonds. The Morgan fingerprint density at radius 2 is 0.931 bits per heavy atom. The SMILES string of the molecule is c1ccc(CCCCCCCC[SiH](Oc2ccccc2)Oc2ccccc2)cc1. The molecule has 0 aromatic heterocycles. The average molecular weight is 405 g/mol. The summed E-state index contributed by atoms with van der Waals surface area (Å²) < 4.78 is 12.5. The maximum atomic E-state index is 6.23. The Bertz CT molecular complexity index is 736. The second kappa shape index (κ2) is 12.8. The van der Waals surface area contributed by atoms with Crippen LogP contribution < -0.4 is 8.85 Å². The standard InChI is InChI=1S/C26H32O2Si/c1(3-8-16-24-17-9-5-10-18-24)2-4-15-23-29(27-25-19-11-6-12-20-25)28-26-21-13-7-14-22-26/h5-7,9-14,17-22,29H,1-4,8,15-16,23H2. The molecule has 3 aromatic rings. The van der Waals surface area contributed by atoms with Crippen molar-refractivity contribution >= 4 is 9.28 Å². The summed E-state index contributed by atoms with van der Waals surface area (Å²) in [5.41, 5.74) is 1.46. The molecule has 0 fully saturated rings. The van der Waals surface area contributed by atoms with Crippen molar-refractivity contribution in [1.82, 2.24) is 0 Å². The summed E-state index contributed by atoms with van der Waals surface area (Å²) in [6.45, 7) is 0. The predicted octanol–water partition coefficient (Wildman–Crippen LogP) is 6.95. The van der Waals surface area contributed by atoms with Gasteiger partial charge in [0.15, 0.2) is 0 Å². The first-order valence-electron chi connectivity index (χ1n) is 10.9. The lowest BCUT2D eigenvalue weighted by atomic mass is 10.1. The molecule has 0 N–H and O–H groups in total. The molecule has 29 heavy (non-hydrogen) atoms. The highest BCUT2D eigenvalue weighted by molar-refractivity contribution is 6.46. The van der Waals surface area contributed by atoms with Crippen LogP contribution in [0.5, 0.6) is 11.5 Å². The molecule has 3 aromatic carbocycles. The van der Waals surface area contributed by atoms with E-state index in [-0.39, 0.29) is 0 Å². The van der Waals surface area contributed by atoms with Crippen molar-refractivity contribution < 1.29 is 8.85 Å². The normalized spacial score (nSPS) is 10.8. The van der Waals surface area contributed by atoms with Crippen molar-refractivity contribution in [3.63, 3.8) is 0 Å². The quantitative estimate of drug-likeness (QED) is 0.227. The molecule has 0 radical (unpaired) electrons. The van der Waals surface area contributed by atoms with Gasteiger partial charge in [-0.1, -0.05) is 92.4 Å². The van der Waals surface area contributed by atoms with Crippen molar-refractivity contribution in [2.24, 2.45) is 0 Å². The van der Waals surface area contributed by atoms with Crippen molar-refractivity contribution in [3.05, 3.63) is 96.6 Å². The topological polar surface area (TPSA) is 18.5 Å². The molecular weight excluding hydrogens is 372 g/mol. The first-order valence-corrected chi connectivity index (χ1v) is 12.6. The van der Waals surface area contributed by atoms with Crippen molar-refractivity contribution in [2.45, 2.75) is 51.0 Å². The monoisotopic (exact) mass is 404 g/mol. The van der Waals surface area contributed by atoms with Gasteiger partial charge in [0.05, 0.1) is 0 Å². The highest BCUT2D eigenvalue weighted by Crippen LogP contribution is 2.18. The molecule has 3 heteroatoms. The summed E-state index contributed by atoms with van der Waals surface area (Å²) in [5.74, 6) is 1.84. The second-order valence-electron chi connectivity index (χ2n) is 7.44. The van der Waals surface area contributed by atoms with Crippen LogP contribution in [0, 0.1) is 0 Å². The van der Waals surface area contributed by atoms with Crippen LogP contribution in [0.2, 0.25) is 6.04 Å². The van der Waals surface area contributed by atoms with E-state index < -0.39 is 9.28 Å². The summed E-state index contributed by atoms with van der Waals surface area (Å²) >= 11 is 0. The molecule has 0 bridgehead atoms. The van der Waals surface area contributed by atoms with Crippen molar-refractivity contribution in [3.8, 4) is 11.5 Å². The minimum atomic E-state index is -1.79. The lowest BCUT2D eigenvalue weighted by Crippen LogP contribution is -2.29. The summed E-state index contributed by atoms with van der Waals surface area (Å²) in [7, 11) is -1.79. The average Bonchev–Trinajstić information content (AvgIpc) is 2.77. The van der Waals surface area contributed by atoms with E-state index >= 15 is 0 Å². The Labute approximate surface area is 177 Å². The van der Waals surface area contributed by atoms with Gasteiger partial charge in [-0.2, -0.15) is 0 Å². The van der Waals surface area contributed by atoms with Gasteiger partial charge >= 0.3 is 9.28 Å². The van der Waals surface area contributed by atoms with Gasteiger partial charge in [0.25, 0.3) is 0 Å². The zero-order chi connectivity index (χ0) is 20.0. The van der Waals surface area contributed by atoms with Gasteiger partial charge in [-0.05, 0) is 49.1 Å². The molecule has 0 aliphatic carbocycles. The Morgan fingerprint density at radius 1 is 0.483 bits per heavy atom. The summed E-state index contributed by atoms with van der Waals surface area (Å²) in [6, 6.07) is 32.0.